The van der Waals surface area contributed by atoms with E-state index < -0.39 is 0 Å². The van der Waals surface area contributed by atoms with Gasteiger partial charge in [-0.15, -0.1) is 11.3 Å². The molecule has 0 aliphatic heterocycles. The number of nitrogen functional groups attached to an aromatic ring is 1. The van der Waals surface area contributed by atoms with Crippen LogP contribution in [-0.2, 0) is 13.0 Å². The van der Waals surface area contributed by atoms with Gasteiger partial charge in [-0.05, 0) is 42.1 Å². The van der Waals surface area contributed by atoms with Crippen molar-refractivity contribution in [2.45, 2.75) is 13.0 Å². The van der Waals surface area contributed by atoms with Gasteiger partial charge in [-0.3, -0.25) is 0 Å². The molecular weight excluding hydrogens is 216 g/mol. The minimum Gasteiger partial charge on any atom is -0.399 e. The van der Waals surface area contributed by atoms with Crippen LogP contribution in [0, 0.1) is 0 Å². The van der Waals surface area contributed by atoms with Gasteiger partial charge in [0.15, 0.2) is 0 Å². The summed E-state index contributed by atoms with van der Waals surface area (Å²) in [5, 5.41) is 5.54. The number of benzene rings is 1. The lowest BCUT2D eigenvalue weighted by Gasteiger charge is -2.03. The first kappa shape index (κ1) is 11.2. The summed E-state index contributed by atoms with van der Waals surface area (Å²) >= 11 is 1.79. The largest absolute Gasteiger partial charge is 0.399 e. The Morgan fingerprint density at radius 2 is 1.94 bits per heavy atom. The van der Waals surface area contributed by atoms with Crippen molar-refractivity contribution in [2.24, 2.45) is 0 Å². The Bertz CT molecular complexity index is 406. The van der Waals surface area contributed by atoms with Gasteiger partial charge in [0.05, 0.1) is 0 Å². The minimum atomic E-state index is 0.829. The summed E-state index contributed by atoms with van der Waals surface area (Å²) in [6, 6.07) is 12.3. The lowest BCUT2D eigenvalue weighted by atomic mass is 10.1. The smallest absolute Gasteiger partial charge is 0.0314 e. The molecule has 2 aromatic rings. The van der Waals surface area contributed by atoms with E-state index in [0.717, 1.165) is 25.2 Å². The maximum atomic E-state index is 5.63. The SMILES string of the molecule is Nc1ccc(CCNCc2cccs2)cc1. The highest BCUT2D eigenvalue weighted by Gasteiger charge is 1.94. The summed E-state index contributed by atoms with van der Waals surface area (Å²) in [5.41, 5.74) is 7.79. The monoisotopic (exact) mass is 232 g/mol. The summed E-state index contributed by atoms with van der Waals surface area (Å²) in [4.78, 5) is 1.39. The van der Waals surface area contributed by atoms with Crippen molar-refractivity contribution < 1.29 is 0 Å². The van der Waals surface area contributed by atoms with E-state index in [-0.39, 0.29) is 0 Å². The number of nitrogens with two attached hydrogens (primary N) is 1. The number of hydrogen-bond acceptors (Lipinski definition) is 3. The van der Waals surface area contributed by atoms with Gasteiger partial charge >= 0.3 is 0 Å². The number of thiophene rings is 1. The topological polar surface area (TPSA) is 38.0 Å². The summed E-state index contributed by atoms with van der Waals surface area (Å²) in [7, 11) is 0. The van der Waals surface area contributed by atoms with Crippen LogP contribution >= 0.6 is 11.3 Å². The highest BCUT2D eigenvalue weighted by molar-refractivity contribution is 7.09. The first-order valence-electron chi connectivity index (χ1n) is 5.42. The molecule has 3 heteroatoms. The molecule has 0 aliphatic rings. The molecule has 0 saturated heterocycles. The van der Waals surface area contributed by atoms with E-state index in [1.165, 1.54) is 10.4 Å². The van der Waals surface area contributed by atoms with Crippen molar-refractivity contribution in [3.63, 3.8) is 0 Å². The molecule has 0 spiro atoms. The van der Waals surface area contributed by atoms with E-state index >= 15 is 0 Å². The molecule has 0 atom stereocenters. The van der Waals surface area contributed by atoms with E-state index in [4.69, 9.17) is 5.73 Å². The van der Waals surface area contributed by atoms with Crippen LogP contribution < -0.4 is 11.1 Å². The highest BCUT2D eigenvalue weighted by Crippen LogP contribution is 2.08. The molecule has 1 aromatic heterocycles. The molecule has 0 fully saturated rings. The fraction of sp³-hybridized carbons (Fsp3) is 0.231. The van der Waals surface area contributed by atoms with Crippen LogP contribution in [0.15, 0.2) is 41.8 Å². The average molecular weight is 232 g/mol. The molecule has 1 aromatic carbocycles. The molecule has 2 rings (SSSR count). The summed E-state index contributed by atoms with van der Waals surface area (Å²) in [5.74, 6) is 0. The van der Waals surface area contributed by atoms with Crippen LogP contribution in [-0.4, -0.2) is 6.54 Å². The zero-order valence-corrected chi connectivity index (χ0v) is 9.96. The maximum absolute atomic E-state index is 5.63. The molecule has 0 amide bonds. The Kier molecular flexibility index (Phi) is 3.97. The van der Waals surface area contributed by atoms with Crippen LogP contribution in [0.5, 0.6) is 0 Å². The van der Waals surface area contributed by atoms with Crippen molar-refractivity contribution >= 4 is 17.0 Å². The summed E-state index contributed by atoms with van der Waals surface area (Å²) < 4.78 is 0. The number of rotatable bonds is 5. The molecule has 3 N–H and O–H groups in total. The van der Waals surface area contributed by atoms with Gasteiger partial charge in [0.1, 0.15) is 0 Å². The second-order valence-electron chi connectivity index (χ2n) is 3.75. The first-order valence-corrected chi connectivity index (χ1v) is 6.30. The summed E-state index contributed by atoms with van der Waals surface area (Å²) in [6.07, 6.45) is 1.05. The molecule has 0 radical (unpaired) electrons. The molecule has 0 bridgehead atoms. The van der Waals surface area contributed by atoms with Gasteiger partial charge in [-0.2, -0.15) is 0 Å². The lowest BCUT2D eigenvalue weighted by Crippen LogP contribution is -2.15. The van der Waals surface area contributed by atoms with Crippen molar-refractivity contribution in [2.75, 3.05) is 12.3 Å². The highest BCUT2D eigenvalue weighted by atomic mass is 32.1. The van der Waals surface area contributed by atoms with Gasteiger partial charge in [0, 0.05) is 17.1 Å². The number of hydrogen-bond donors (Lipinski definition) is 2. The molecule has 1 heterocycles. The van der Waals surface area contributed by atoms with Gasteiger partial charge in [0.2, 0.25) is 0 Å². The van der Waals surface area contributed by atoms with Crippen LogP contribution in [0.1, 0.15) is 10.4 Å². The zero-order valence-electron chi connectivity index (χ0n) is 9.15. The van der Waals surface area contributed by atoms with E-state index in [1.54, 1.807) is 11.3 Å². The second kappa shape index (κ2) is 5.68. The Hall–Kier alpha value is -1.32. The average Bonchev–Trinajstić information content (AvgIpc) is 2.80. The van der Waals surface area contributed by atoms with E-state index in [9.17, 15) is 0 Å². The van der Waals surface area contributed by atoms with E-state index in [2.05, 4.69) is 35.0 Å². The van der Waals surface area contributed by atoms with E-state index in [1.807, 2.05) is 12.1 Å². The van der Waals surface area contributed by atoms with Crippen molar-refractivity contribution in [1.82, 2.24) is 5.32 Å². The fourth-order valence-corrected chi connectivity index (χ4v) is 2.22. The van der Waals surface area contributed by atoms with Crippen LogP contribution in [0.2, 0.25) is 0 Å². The quantitative estimate of drug-likeness (QED) is 0.614. The van der Waals surface area contributed by atoms with Gasteiger partial charge < -0.3 is 11.1 Å². The van der Waals surface area contributed by atoms with Crippen molar-refractivity contribution in [3.8, 4) is 0 Å². The number of nitrogens with one attached hydrogen (secondary N) is 1. The Morgan fingerprint density at radius 3 is 2.62 bits per heavy atom. The van der Waals surface area contributed by atoms with Gasteiger partial charge in [-0.25, -0.2) is 0 Å². The predicted molar refractivity (Wildman–Crippen MR) is 70.6 cm³/mol. The first-order chi connectivity index (χ1) is 7.84. The molecule has 0 saturated carbocycles. The van der Waals surface area contributed by atoms with E-state index in [0.29, 0.717) is 0 Å². The predicted octanol–water partition coefficient (Wildman–Crippen LogP) is 2.66. The zero-order chi connectivity index (χ0) is 11.2. The van der Waals surface area contributed by atoms with Crippen LogP contribution in [0.25, 0.3) is 0 Å². The minimum absolute atomic E-state index is 0.829. The molecular formula is C13H16N2S. The Labute approximate surface area is 100 Å². The Balaban J connectivity index is 1.70. The molecule has 0 aliphatic carbocycles. The van der Waals surface area contributed by atoms with Crippen molar-refractivity contribution in [1.29, 1.82) is 0 Å². The Morgan fingerprint density at radius 1 is 1.12 bits per heavy atom. The third-order valence-corrected chi connectivity index (χ3v) is 3.33. The molecule has 2 nitrogen and oxygen atoms in total. The third kappa shape index (κ3) is 3.36. The molecule has 0 unspecified atom stereocenters. The third-order valence-electron chi connectivity index (χ3n) is 2.45. The fourth-order valence-electron chi connectivity index (χ4n) is 1.54. The molecule has 84 valence electrons. The summed E-state index contributed by atoms with van der Waals surface area (Å²) in [6.45, 7) is 1.97. The van der Waals surface area contributed by atoms with Gasteiger partial charge in [0.25, 0.3) is 0 Å². The van der Waals surface area contributed by atoms with Gasteiger partial charge in [-0.1, -0.05) is 18.2 Å². The van der Waals surface area contributed by atoms with Crippen LogP contribution in [0.4, 0.5) is 5.69 Å². The maximum Gasteiger partial charge on any atom is 0.0314 e. The number of anilines is 1. The second-order valence-corrected chi connectivity index (χ2v) is 4.78. The normalized spacial score (nSPS) is 10.5. The van der Waals surface area contributed by atoms with Crippen molar-refractivity contribution in [3.05, 3.63) is 52.2 Å². The van der Waals surface area contributed by atoms with Crippen LogP contribution in [0.3, 0.4) is 0 Å². The standard InChI is InChI=1S/C13H16N2S/c14-12-5-3-11(4-6-12)7-8-15-10-13-2-1-9-16-13/h1-6,9,15H,7-8,10,14H2. The molecule has 16 heavy (non-hydrogen) atoms. The lowest BCUT2D eigenvalue weighted by molar-refractivity contribution is 0.693.